The van der Waals surface area contributed by atoms with E-state index in [9.17, 15) is 4.79 Å². The van der Waals surface area contributed by atoms with Gasteiger partial charge in [0.25, 0.3) is 0 Å². The molecule has 1 atom stereocenters. The van der Waals surface area contributed by atoms with E-state index in [1.807, 2.05) is 14.0 Å². The summed E-state index contributed by atoms with van der Waals surface area (Å²) in [5.41, 5.74) is 2.62. The lowest BCUT2D eigenvalue weighted by atomic mass is 10.0. The number of methoxy groups -OCH3 is 1. The van der Waals surface area contributed by atoms with Gasteiger partial charge >= 0.3 is 5.97 Å². The maximum Gasteiger partial charge on any atom is 0.309 e. The van der Waals surface area contributed by atoms with E-state index in [0.717, 1.165) is 6.54 Å². The summed E-state index contributed by atoms with van der Waals surface area (Å²) >= 11 is 0. The number of carbonyl (C=O) groups excluding carboxylic acids is 1. The fraction of sp³-hybridized carbons (Fsp3) is 0.562. The lowest BCUT2D eigenvalue weighted by molar-refractivity contribution is -0.145. The fourth-order valence-corrected chi connectivity index (χ4v) is 2.13. The van der Waals surface area contributed by atoms with Crippen LogP contribution in [0.3, 0.4) is 0 Å². The largest absolute Gasteiger partial charge is 0.469 e. The van der Waals surface area contributed by atoms with Crippen molar-refractivity contribution in [3.63, 3.8) is 0 Å². The fourth-order valence-electron chi connectivity index (χ4n) is 2.13. The average Bonchev–Trinajstić information content (AvgIpc) is 2.38. The Morgan fingerprint density at radius 3 is 2.26 bits per heavy atom. The van der Waals surface area contributed by atoms with Crippen LogP contribution in [0.1, 0.15) is 37.8 Å². The van der Waals surface area contributed by atoms with Crippen molar-refractivity contribution in [1.29, 1.82) is 0 Å². The highest BCUT2D eigenvalue weighted by Crippen LogP contribution is 2.15. The van der Waals surface area contributed by atoms with Crippen LogP contribution in [0.5, 0.6) is 0 Å². The molecule has 0 saturated heterocycles. The molecule has 0 bridgehead atoms. The van der Waals surface area contributed by atoms with Gasteiger partial charge in [-0.2, -0.15) is 0 Å². The molecule has 106 valence electrons. The molecular formula is C16H25NO2. The number of esters is 1. The molecule has 0 aliphatic heterocycles. The summed E-state index contributed by atoms with van der Waals surface area (Å²) in [4.78, 5) is 13.5. The number of hydrogen-bond acceptors (Lipinski definition) is 3. The van der Waals surface area contributed by atoms with Crippen LogP contribution in [0.25, 0.3) is 0 Å². The molecule has 0 aliphatic carbocycles. The van der Waals surface area contributed by atoms with Crippen molar-refractivity contribution < 1.29 is 9.53 Å². The van der Waals surface area contributed by atoms with Gasteiger partial charge in [0.05, 0.1) is 13.0 Å². The molecule has 0 amide bonds. The molecule has 0 spiro atoms. The minimum atomic E-state index is -0.151. The van der Waals surface area contributed by atoms with Crippen LogP contribution in [0.4, 0.5) is 0 Å². The third-order valence-corrected chi connectivity index (χ3v) is 3.29. The van der Waals surface area contributed by atoms with Gasteiger partial charge in [0.15, 0.2) is 0 Å². The number of hydrogen-bond donors (Lipinski definition) is 0. The number of rotatable bonds is 6. The summed E-state index contributed by atoms with van der Waals surface area (Å²) in [6.07, 6.45) is 0. The Balaban J connectivity index is 2.52. The zero-order chi connectivity index (χ0) is 14.4. The van der Waals surface area contributed by atoms with Gasteiger partial charge in [-0.25, -0.2) is 0 Å². The third-order valence-electron chi connectivity index (χ3n) is 3.29. The molecule has 0 fully saturated rings. The molecule has 1 aromatic rings. The molecule has 0 heterocycles. The van der Waals surface area contributed by atoms with E-state index in [4.69, 9.17) is 4.74 Å². The van der Waals surface area contributed by atoms with Crippen molar-refractivity contribution >= 4 is 5.97 Å². The van der Waals surface area contributed by atoms with Crippen LogP contribution < -0.4 is 0 Å². The summed E-state index contributed by atoms with van der Waals surface area (Å²) < 4.78 is 4.74. The summed E-state index contributed by atoms with van der Waals surface area (Å²) in [6.45, 7) is 7.83. The standard InChI is InChI=1S/C16H25NO2/c1-12(2)15-8-6-14(7-9-15)11-17(4)10-13(3)16(18)19-5/h6-9,12-13H,10-11H2,1-5H3. The average molecular weight is 263 g/mol. The van der Waals surface area contributed by atoms with Gasteiger partial charge in [0.1, 0.15) is 0 Å². The summed E-state index contributed by atoms with van der Waals surface area (Å²) in [6, 6.07) is 8.68. The van der Waals surface area contributed by atoms with E-state index in [2.05, 4.69) is 43.0 Å². The monoisotopic (exact) mass is 263 g/mol. The second-order valence-electron chi connectivity index (χ2n) is 5.52. The van der Waals surface area contributed by atoms with Gasteiger partial charge in [-0.3, -0.25) is 4.79 Å². The zero-order valence-corrected chi connectivity index (χ0v) is 12.6. The highest BCUT2D eigenvalue weighted by molar-refractivity contribution is 5.72. The predicted molar refractivity (Wildman–Crippen MR) is 78.0 cm³/mol. The van der Waals surface area contributed by atoms with Crippen molar-refractivity contribution in [2.45, 2.75) is 33.2 Å². The lowest BCUT2D eigenvalue weighted by Crippen LogP contribution is -2.29. The van der Waals surface area contributed by atoms with Crippen LogP contribution in [0.15, 0.2) is 24.3 Å². The minimum Gasteiger partial charge on any atom is -0.469 e. The first-order valence-electron chi connectivity index (χ1n) is 6.79. The molecule has 19 heavy (non-hydrogen) atoms. The van der Waals surface area contributed by atoms with Crippen LogP contribution >= 0.6 is 0 Å². The number of ether oxygens (including phenoxy) is 1. The van der Waals surface area contributed by atoms with Crippen LogP contribution in [0.2, 0.25) is 0 Å². The lowest BCUT2D eigenvalue weighted by Gasteiger charge is -2.20. The topological polar surface area (TPSA) is 29.5 Å². The van der Waals surface area contributed by atoms with E-state index >= 15 is 0 Å². The summed E-state index contributed by atoms with van der Waals surface area (Å²) in [5.74, 6) is 0.318. The van der Waals surface area contributed by atoms with Crippen molar-refractivity contribution in [1.82, 2.24) is 4.90 Å². The minimum absolute atomic E-state index is 0.0927. The summed E-state index contributed by atoms with van der Waals surface area (Å²) in [5, 5.41) is 0. The Labute approximate surface area is 116 Å². The van der Waals surface area contributed by atoms with E-state index in [1.54, 1.807) is 0 Å². The molecule has 0 saturated carbocycles. The molecule has 1 unspecified atom stereocenters. The molecule has 0 radical (unpaired) electrons. The highest BCUT2D eigenvalue weighted by Gasteiger charge is 2.15. The maximum atomic E-state index is 11.4. The normalized spacial score (nSPS) is 12.8. The third kappa shape index (κ3) is 5.03. The molecule has 1 aromatic carbocycles. The van der Waals surface area contributed by atoms with Gasteiger partial charge in [-0.1, -0.05) is 45.0 Å². The maximum absolute atomic E-state index is 11.4. The van der Waals surface area contributed by atoms with Crippen LogP contribution in [0, 0.1) is 5.92 Å². The van der Waals surface area contributed by atoms with Gasteiger partial charge in [-0.15, -0.1) is 0 Å². The molecule has 3 heteroatoms. The molecule has 3 nitrogen and oxygen atoms in total. The Bertz CT molecular complexity index is 398. The van der Waals surface area contributed by atoms with E-state index in [0.29, 0.717) is 12.5 Å². The second kappa shape index (κ2) is 7.29. The first-order chi connectivity index (χ1) is 8.93. The van der Waals surface area contributed by atoms with Gasteiger partial charge < -0.3 is 9.64 Å². The molecule has 0 aliphatic rings. The Morgan fingerprint density at radius 2 is 1.79 bits per heavy atom. The SMILES string of the molecule is COC(=O)C(C)CN(C)Cc1ccc(C(C)C)cc1. The van der Waals surface area contributed by atoms with E-state index in [-0.39, 0.29) is 11.9 Å². The first kappa shape index (κ1) is 15.7. The molecular weight excluding hydrogens is 238 g/mol. The van der Waals surface area contributed by atoms with Crippen molar-refractivity contribution in [3.8, 4) is 0 Å². The quantitative estimate of drug-likeness (QED) is 0.739. The van der Waals surface area contributed by atoms with Crippen LogP contribution in [-0.2, 0) is 16.1 Å². The second-order valence-corrected chi connectivity index (χ2v) is 5.52. The van der Waals surface area contributed by atoms with Crippen molar-refractivity contribution in [2.75, 3.05) is 20.7 Å². The molecule has 0 aromatic heterocycles. The van der Waals surface area contributed by atoms with Gasteiger partial charge in [0.2, 0.25) is 0 Å². The van der Waals surface area contributed by atoms with Gasteiger partial charge in [0, 0.05) is 13.1 Å². The van der Waals surface area contributed by atoms with E-state index in [1.165, 1.54) is 18.2 Å². The number of nitrogens with zero attached hydrogens (tertiary/aromatic N) is 1. The van der Waals surface area contributed by atoms with Crippen LogP contribution in [-0.4, -0.2) is 31.6 Å². The zero-order valence-electron chi connectivity index (χ0n) is 12.6. The first-order valence-corrected chi connectivity index (χ1v) is 6.79. The Kier molecular flexibility index (Phi) is 6.03. The molecule has 1 rings (SSSR count). The number of carbonyl (C=O) groups is 1. The predicted octanol–water partition coefficient (Wildman–Crippen LogP) is 3.05. The Hall–Kier alpha value is -1.35. The van der Waals surface area contributed by atoms with Crippen molar-refractivity contribution in [2.24, 2.45) is 5.92 Å². The van der Waals surface area contributed by atoms with E-state index < -0.39 is 0 Å². The summed E-state index contributed by atoms with van der Waals surface area (Å²) in [7, 11) is 3.46. The highest BCUT2D eigenvalue weighted by atomic mass is 16.5. The Morgan fingerprint density at radius 1 is 1.21 bits per heavy atom. The number of benzene rings is 1. The van der Waals surface area contributed by atoms with Crippen molar-refractivity contribution in [3.05, 3.63) is 35.4 Å². The smallest absolute Gasteiger partial charge is 0.309 e. The van der Waals surface area contributed by atoms with Gasteiger partial charge in [-0.05, 0) is 24.1 Å². The molecule has 0 N–H and O–H groups in total.